The van der Waals surface area contributed by atoms with Gasteiger partial charge in [-0.05, 0) is 32.1 Å². The minimum atomic E-state index is 0.139. The molecule has 0 saturated heterocycles. The van der Waals surface area contributed by atoms with Crippen LogP contribution >= 0.6 is 12.2 Å². The maximum absolute atomic E-state index is 11.4. The van der Waals surface area contributed by atoms with Gasteiger partial charge in [-0.1, -0.05) is 33.0 Å². The molecule has 0 rings (SSSR count). The second-order valence-corrected chi connectivity index (χ2v) is 4.30. The number of carbonyl (C=O) groups excluding carboxylic acids is 1. The molecule has 0 aliphatic heterocycles. The molecule has 15 heavy (non-hydrogen) atoms. The Morgan fingerprint density at radius 1 is 1.47 bits per heavy atom. The van der Waals surface area contributed by atoms with Gasteiger partial charge in [0.1, 0.15) is 0 Å². The molecule has 0 atom stereocenters. The van der Waals surface area contributed by atoms with Crippen molar-refractivity contribution < 1.29 is 4.79 Å². The summed E-state index contributed by atoms with van der Waals surface area (Å²) in [6.07, 6.45) is 2.73. The van der Waals surface area contributed by atoms with Crippen LogP contribution in [-0.2, 0) is 4.79 Å². The lowest BCUT2D eigenvalue weighted by Crippen LogP contribution is -2.15. The number of carbonyl (C=O) groups is 1. The fourth-order valence-electron chi connectivity index (χ4n) is 1.49. The number of allylic oxidation sites excluding steroid dienone is 2. The predicted molar refractivity (Wildman–Crippen MR) is 68.9 cm³/mol. The Kier molecular flexibility index (Phi) is 7.22. The molecular formula is C12H21NOS. The average Bonchev–Trinajstić information content (AvgIpc) is 2.14. The lowest BCUT2D eigenvalue weighted by molar-refractivity contribution is -0.113. The summed E-state index contributed by atoms with van der Waals surface area (Å²) in [5, 5.41) is 3.02. The van der Waals surface area contributed by atoms with Crippen molar-refractivity contribution in [3.05, 3.63) is 11.3 Å². The normalized spacial score (nSPS) is 12.3. The molecule has 0 aromatic heterocycles. The van der Waals surface area contributed by atoms with E-state index in [0.29, 0.717) is 5.92 Å². The number of thiocarbonyl (C=S) groups is 1. The number of hydrogen-bond acceptors (Lipinski definition) is 2. The standard InChI is InChI=1S/C12H21NOS/c1-5-11(10(4)14)12(13-8-15)7-6-9(2)3/h8-9H,5-7H2,1-4H3,(H,13,15)/b12-11-. The monoisotopic (exact) mass is 227 g/mol. The SMILES string of the molecule is CC/C(C(C)=O)=C(\CCC(C)C)NC=S. The van der Waals surface area contributed by atoms with E-state index in [9.17, 15) is 4.79 Å². The molecule has 0 heterocycles. The van der Waals surface area contributed by atoms with Crippen molar-refractivity contribution in [3.8, 4) is 0 Å². The van der Waals surface area contributed by atoms with Crippen molar-refractivity contribution in [1.82, 2.24) is 5.32 Å². The van der Waals surface area contributed by atoms with Crippen LogP contribution in [0.1, 0.15) is 47.0 Å². The van der Waals surface area contributed by atoms with E-state index < -0.39 is 0 Å². The van der Waals surface area contributed by atoms with Crippen LogP contribution in [0.25, 0.3) is 0 Å². The summed E-state index contributed by atoms with van der Waals surface area (Å²) in [6, 6.07) is 0. The molecule has 0 aromatic rings. The number of nitrogens with one attached hydrogen (secondary N) is 1. The molecule has 0 aliphatic rings. The maximum Gasteiger partial charge on any atom is 0.157 e. The Bertz CT molecular complexity index is 256. The molecule has 0 spiro atoms. The van der Waals surface area contributed by atoms with E-state index in [1.165, 1.54) is 5.49 Å². The van der Waals surface area contributed by atoms with Gasteiger partial charge in [0.15, 0.2) is 5.78 Å². The van der Waals surface area contributed by atoms with Crippen LogP contribution in [0, 0.1) is 5.92 Å². The summed E-state index contributed by atoms with van der Waals surface area (Å²) in [5.74, 6) is 0.776. The van der Waals surface area contributed by atoms with Crippen molar-refractivity contribution in [2.75, 3.05) is 0 Å². The van der Waals surface area contributed by atoms with Crippen LogP contribution in [0.2, 0.25) is 0 Å². The lowest BCUT2D eigenvalue weighted by Gasteiger charge is -2.13. The highest BCUT2D eigenvalue weighted by Gasteiger charge is 2.09. The first-order chi connectivity index (χ1) is 7.02. The van der Waals surface area contributed by atoms with Crippen LogP contribution in [0.5, 0.6) is 0 Å². The molecule has 2 nitrogen and oxygen atoms in total. The first-order valence-corrected chi connectivity index (χ1v) is 5.93. The highest BCUT2D eigenvalue weighted by Crippen LogP contribution is 2.15. The van der Waals surface area contributed by atoms with Crippen molar-refractivity contribution in [2.24, 2.45) is 5.92 Å². The number of ketones is 1. The van der Waals surface area contributed by atoms with Crippen molar-refractivity contribution >= 4 is 23.5 Å². The summed E-state index contributed by atoms with van der Waals surface area (Å²) in [7, 11) is 0. The van der Waals surface area contributed by atoms with Gasteiger partial charge in [-0.3, -0.25) is 4.79 Å². The van der Waals surface area contributed by atoms with Gasteiger partial charge >= 0.3 is 0 Å². The van der Waals surface area contributed by atoms with Gasteiger partial charge in [0, 0.05) is 11.3 Å². The van der Waals surface area contributed by atoms with E-state index >= 15 is 0 Å². The van der Waals surface area contributed by atoms with E-state index in [2.05, 4.69) is 19.2 Å². The second kappa shape index (κ2) is 7.57. The minimum absolute atomic E-state index is 0.139. The fourth-order valence-corrected chi connectivity index (χ4v) is 1.63. The minimum Gasteiger partial charge on any atom is -0.356 e. The topological polar surface area (TPSA) is 29.1 Å². The van der Waals surface area contributed by atoms with Crippen LogP contribution in [-0.4, -0.2) is 11.3 Å². The molecule has 0 bridgehead atoms. The average molecular weight is 227 g/mol. The van der Waals surface area contributed by atoms with Crippen LogP contribution in [0.3, 0.4) is 0 Å². The molecule has 0 aliphatic carbocycles. The Labute approximate surface area is 98.1 Å². The van der Waals surface area contributed by atoms with Gasteiger partial charge in [0.2, 0.25) is 0 Å². The number of hydrogen-bond donors (Lipinski definition) is 1. The zero-order valence-electron chi connectivity index (χ0n) is 10.1. The first-order valence-electron chi connectivity index (χ1n) is 5.46. The predicted octanol–water partition coefficient (Wildman–Crippen LogP) is 3.22. The molecule has 1 N–H and O–H groups in total. The Hall–Kier alpha value is -0.700. The van der Waals surface area contributed by atoms with Crippen LogP contribution in [0.4, 0.5) is 0 Å². The fraction of sp³-hybridized carbons (Fsp3) is 0.667. The highest BCUT2D eigenvalue weighted by atomic mass is 32.1. The number of Topliss-reactive ketones (excluding diaryl/α,β-unsaturated/α-hetero) is 1. The summed E-state index contributed by atoms with van der Waals surface area (Å²) in [4.78, 5) is 11.4. The molecule has 3 heteroatoms. The summed E-state index contributed by atoms with van der Waals surface area (Å²) < 4.78 is 0. The molecule has 0 unspecified atom stereocenters. The Morgan fingerprint density at radius 2 is 2.07 bits per heavy atom. The van der Waals surface area contributed by atoms with E-state index in [1.807, 2.05) is 6.92 Å². The van der Waals surface area contributed by atoms with Crippen LogP contribution < -0.4 is 5.32 Å². The molecule has 0 radical (unpaired) electrons. The van der Waals surface area contributed by atoms with E-state index in [1.54, 1.807) is 6.92 Å². The van der Waals surface area contributed by atoms with Gasteiger partial charge < -0.3 is 5.32 Å². The van der Waals surface area contributed by atoms with Gasteiger partial charge in [-0.2, -0.15) is 0 Å². The first kappa shape index (κ1) is 14.3. The van der Waals surface area contributed by atoms with Crippen molar-refractivity contribution in [1.29, 1.82) is 0 Å². The van der Waals surface area contributed by atoms with Gasteiger partial charge in [-0.15, -0.1) is 0 Å². The zero-order valence-corrected chi connectivity index (χ0v) is 10.9. The lowest BCUT2D eigenvalue weighted by atomic mass is 10.0. The quantitative estimate of drug-likeness (QED) is 0.535. The molecule has 0 aromatic carbocycles. The molecule has 0 fully saturated rings. The molecular weight excluding hydrogens is 206 g/mol. The van der Waals surface area contributed by atoms with Gasteiger partial charge in [0.05, 0.1) is 5.49 Å². The smallest absolute Gasteiger partial charge is 0.157 e. The van der Waals surface area contributed by atoms with Gasteiger partial charge in [0.25, 0.3) is 0 Å². The second-order valence-electron chi connectivity index (χ2n) is 4.06. The molecule has 86 valence electrons. The summed E-state index contributed by atoms with van der Waals surface area (Å²) >= 11 is 4.78. The largest absolute Gasteiger partial charge is 0.356 e. The van der Waals surface area contributed by atoms with Crippen molar-refractivity contribution in [2.45, 2.75) is 47.0 Å². The summed E-state index contributed by atoms with van der Waals surface area (Å²) in [5.41, 5.74) is 3.35. The zero-order chi connectivity index (χ0) is 11.8. The number of rotatable bonds is 7. The van der Waals surface area contributed by atoms with E-state index in [-0.39, 0.29) is 5.78 Å². The molecule has 0 amide bonds. The summed E-state index contributed by atoms with van der Waals surface area (Å²) in [6.45, 7) is 7.96. The molecule has 0 saturated carbocycles. The highest BCUT2D eigenvalue weighted by molar-refractivity contribution is 7.78. The Morgan fingerprint density at radius 3 is 2.40 bits per heavy atom. The third kappa shape index (κ3) is 5.67. The van der Waals surface area contributed by atoms with E-state index in [4.69, 9.17) is 12.2 Å². The third-order valence-electron chi connectivity index (χ3n) is 2.35. The van der Waals surface area contributed by atoms with E-state index in [0.717, 1.165) is 30.5 Å². The van der Waals surface area contributed by atoms with Crippen LogP contribution in [0.15, 0.2) is 11.3 Å². The maximum atomic E-state index is 11.4. The van der Waals surface area contributed by atoms with Crippen molar-refractivity contribution in [3.63, 3.8) is 0 Å². The van der Waals surface area contributed by atoms with Gasteiger partial charge in [-0.25, -0.2) is 0 Å². The third-order valence-corrected chi connectivity index (χ3v) is 2.47. The Balaban J connectivity index is 4.72.